The van der Waals surface area contributed by atoms with E-state index in [1.165, 1.54) is 20.2 Å². The molecule has 0 spiro atoms. The Balaban J connectivity index is 1.20. The van der Waals surface area contributed by atoms with Gasteiger partial charge in [0.25, 0.3) is 0 Å². The Labute approximate surface area is 291 Å². The molecule has 9 rings (SSSR count). The fraction of sp³-hybridized carbons (Fsp3) is 0. The number of benzene rings is 8. The van der Waals surface area contributed by atoms with Gasteiger partial charge in [0.05, 0.1) is 12.5 Å². The average molecular weight is 635 g/mol. The largest absolute Gasteiger partial charge is 0.310 e. The summed E-state index contributed by atoms with van der Waals surface area (Å²) < 4.78 is 44.1. The van der Waals surface area contributed by atoms with E-state index in [-0.39, 0.29) is 29.7 Å². The molecule has 0 N–H and O–H groups in total. The third-order valence-corrected chi connectivity index (χ3v) is 10.1. The van der Waals surface area contributed by atoms with Crippen LogP contribution in [0.5, 0.6) is 0 Å². The molecule has 0 unspecified atom stereocenters. The van der Waals surface area contributed by atoms with Crippen LogP contribution in [0.4, 0.5) is 17.1 Å². The zero-order valence-electron chi connectivity index (χ0n) is 30.9. The summed E-state index contributed by atoms with van der Waals surface area (Å²) in [5.74, 6) is 0. The highest BCUT2D eigenvalue weighted by atomic mass is 32.1. The van der Waals surface area contributed by atoms with Gasteiger partial charge in [-0.1, -0.05) is 139 Å². The molecule has 9 aromatic rings. The third kappa shape index (κ3) is 5.04. The van der Waals surface area contributed by atoms with Crippen molar-refractivity contribution in [1.82, 2.24) is 0 Å². The highest BCUT2D eigenvalue weighted by molar-refractivity contribution is 7.25. The van der Waals surface area contributed by atoms with Crippen molar-refractivity contribution in [3.63, 3.8) is 0 Å². The number of fused-ring (bicyclic) bond motifs is 4. The average Bonchev–Trinajstić information content (AvgIpc) is 3.58. The van der Waals surface area contributed by atoms with E-state index in [9.17, 15) is 0 Å². The molecule has 0 saturated heterocycles. The highest BCUT2D eigenvalue weighted by Crippen LogP contribution is 2.43. The van der Waals surface area contributed by atoms with Crippen LogP contribution in [-0.2, 0) is 0 Å². The van der Waals surface area contributed by atoms with Gasteiger partial charge in [-0.05, 0) is 87.3 Å². The molecule has 0 aliphatic rings. The predicted molar refractivity (Wildman–Crippen MR) is 208 cm³/mol. The molecule has 1 nitrogen and oxygen atoms in total. The number of nitrogens with zero attached hydrogens (tertiary/aromatic N) is 1. The summed E-state index contributed by atoms with van der Waals surface area (Å²) in [5, 5.41) is 4.75. The van der Waals surface area contributed by atoms with Crippen molar-refractivity contribution in [2.24, 2.45) is 0 Å². The fourth-order valence-corrected chi connectivity index (χ4v) is 7.75. The summed E-state index contributed by atoms with van der Waals surface area (Å²) in [4.78, 5) is 2.22. The Kier molecular flexibility index (Phi) is 5.84. The van der Waals surface area contributed by atoms with Crippen molar-refractivity contribution in [3.8, 4) is 33.4 Å². The lowest BCUT2D eigenvalue weighted by Gasteiger charge is -2.27. The first-order chi connectivity index (χ1) is 25.9. The van der Waals surface area contributed by atoms with Crippen LogP contribution in [0.15, 0.2) is 188 Å². The van der Waals surface area contributed by atoms with E-state index in [1.54, 1.807) is 0 Å². The van der Waals surface area contributed by atoms with Crippen LogP contribution in [-0.4, -0.2) is 0 Å². The molecule has 1 aromatic heterocycles. The van der Waals surface area contributed by atoms with E-state index < -0.39 is 6.04 Å². The van der Waals surface area contributed by atoms with Crippen molar-refractivity contribution in [3.05, 3.63) is 188 Å². The molecule has 0 atom stereocenters. The number of anilines is 3. The van der Waals surface area contributed by atoms with Crippen LogP contribution >= 0.6 is 11.3 Å². The zero-order chi connectivity index (χ0) is 36.2. The number of rotatable bonds is 6. The first-order valence-electron chi connectivity index (χ1n) is 18.4. The van der Waals surface area contributed by atoms with Crippen molar-refractivity contribution in [2.75, 3.05) is 4.90 Å². The Bertz CT molecular complexity index is 2800. The molecule has 226 valence electrons. The van der Waals surface area contributed by atoms with E-state index in [4.69, 9.17) is 6.85 Å². The van der Waals surface area contributed by atoms with Gasteiger partial charge in [0.1, 0.15) is 0 Å². The normalized spacial score (nSPS) is 12.8. The Morgan fingerprint density at radius 1 is 0.396 bits per heavy atom. The topological polar surface area (TPSA) is 3.24 Å². The van der Waals surface area contributed by atoms with Gasteiger partial charge in [0.2, 0.25) is 0 Å². The van der Waals surface area contributed by atoms with E-state index in [2.05, 4.69) is 120 Å². The Hall–Kier alpha value is -5.96. The van der Waals surface area contributed by atoms with E-state index in [1.807, 2.05) is 53.8 Å². The molecule has 2 heteroatoms. The monoisotopic (exact) mass is 634 g/mol. The Morgan fingerprint density at radius 2 is 0.979 bits per heavy atom. The summed E-state index contributed by atoms with van der Waals surface area (Å²) in [6.07, 6.45) is 0. The van der Waals surface area contributed by atoms with Crippen LogP contribution in [0.3, 0.4) is 0 Å². The molecule has 0 radical (unpaired) electrons. The molecular weight excluding hydrogens is 599 g/mol. The number of hydrogen-bond donors (Lipinski definition) is 0. The van der Waals surface area contributed by atoms with E-state index >= 15 is 0 Å². The second kappa shape index (κ2) is 12.0. The quantitative estimate of drug-likeness (QED) is 0.176. The minimum absolute atomic E-state index is 0.187. The Morgan fingerprint density at radius 3 is 1.75 bits per heavy atom. The number of thiophene rings is 1. The lowest BCUT2D eigenvalue weighted by molar-refractivity contribution is 1.30. The maximum atomic E-state index is 8.54. The summed E-state index contributed by atoms with van der Waals surface area (Å²) >= 11 is 1.82. The van der Waals surface area contributed by atoms with Crippen molar-refractivity contribution in [1.29, 1.82) is 0 Å². The first-order valence-corrected chi connectivity index (χ1v) is 16.8. The molecule has 0 fully saturated rings. The van der Waals surface area contributed by atoms with Gasteiger partial charge < -0.3 is 4.90 Å². The van der Waals surface area contributed by atoms with Gasteiger partial charge in [-0.15, -0.1) is 11.3 Å². The van der Waals surface area contributed by atoms with Gasteiger partial charge in [-0.3, -0.25) is 0 Å². The maximum Gasteiger partial charge on any atom is 0.0629 e. The van der Waals surface area contributed by atoms with Gasteiger partial charge >= 0.3 is 0 Å². The smallest absolute Gasteiger partial charge is 0.0629 e. The molecule has 1 heterocycles. The van der Waals surface area contributed by atoms with Gasteiger partial charge in [0.15, 0.2) is 0 Å². The predicted octanol–water partition coefficient (Wildman–Crippen LogP) is 13.7. The lowest BCUT2D eigenvalue weighted by atomic mass is 9.95. The number of hydrogen-bond acceptors (Lipinski definition) is 2. The second-order valence-electron chi connectivity index (χ2n) is 11.8. The van der Waals surface area contributed by atoms with Crippen LogP contribution in [0.25, 0.3) is 64.3 Å². The maximum absolute atomic E-state index is 8.54. The molecule has 0 bridgehead atoms. The molecule has 0 saturated carbocycles. The fourth-order valence-electron chi connectivity index (χ4n) is 6.67. The summed E-state index contributed by atoms with van der Waals surface area (Å²) in [7, 11) is 0. The highest BCUT2D eigenvalue weighted by Gasteiger charge is 2.18. The molecule has 48 heavy (non-hydrogen) atoms. The van der Waals surface area contributed by atoms with Crippen molar-refractivity contribution < 1.29 is 6.85 Å². The first kappa shape index (κ1) is 23.4. The minimum atomic E-state index is -0.399. The van der Waals surface area contributed by atoms with Crippen molar-refractivity contribution >= 4 is 59.3 Å². The lowest BCUT2D eigenvalue weighted by Crippen LogP contribution is -2.10. The van der Waals surface area contributed by atoms with Crippen LogP contribution in [0.2, 0.25) is 0 Å². The van der Waals surface area contributed by atoms with Crippen LogP contribution in [0.1, 0.15) is 6.85 Å². The molecule has 0 aliphatic heterocycles. The van der Waals surface area contributed by atoms with Crippen molar-refractivity contribution in [2.45, 2.75) is 0 Å². The molecule has 0 amide bonds. The molecule has 0 aliphatic carbocycles. The third-order valence-electron chi connectivity index (χ3n) is 8.97. The van der Waals surface area contributed by atoms with Crippen LogP contribution in [0, 0.1) is 0 Å². The molecular formula is C46H31NS. The summed E-state index contributed by atoms with van der Waals surface area (Å²) in [6, 6.07) is 53.1. The van der Waals surface area contributed by atoms with Gasteiger partial charge in [-0.2, -0.15) is 0 Å². The second-order valence-corrected chi connectivity index (χ2v) is 12.9. The van der Waals surface area contributed by atoms with E-state index in [0.29, 0.717) is 5.56 Å². The standard InChI is InChI=1S/C46H31NS/c1-3-11-32(12-4-1)34-21-26-37(27-22-34)47(38-28-23-35(24-29-38)33-13-5-2-6-14-33)44-19-10-17-40-39(16-9-18-41(40)44)36-25-30-46-43(31-36)42-15-7-8-20-45(42)48-46/h1-31H/i1D,3D,4D,11D,12D. The molecule has 8 aromatic carbocycles. The SMILES string of the molecule is [2H]c1c([2H])c([2H])c(-c2ccc(N(c3ccc(-c4ccccc4)cc3)c3cccc4c(-c5ccc6sc7ccccc7c6c5)cccc34)cc2)c([2H])c1[2H]. The van der Waals surface area contributed by atoms with Gasteiger partial charge in [0, 0.05) is 36.9 Å². The summed E-state index contributed by atoms with van der Waals surface area (Å²) in [6.45, 7) is 0. The van der Waals surface area contributed by atoms with Gasteiger partial charge in [-0.25, -0.2) is 0 Å². The minimum Gasteiger partial charge on any atom is -0.310 e. The van der Waals surface area contributed by atoms with E-state index in [0.717, 1.165) is 50.1 Å². The van der Waals surface area contributed by atoms with Crippen LogP contribution < -0.4 is 4.90 Å². The summed E-state index contributed by atoms with van der Waals surface area (Å²) in [5.41, 5.74) is 8.13. The zero-order valence-corrected chi connectivity index (χ0v) is 26.7.